The van der Waals surface area contributed by atoms with Crippen LogP contribution in [-0.2, 0) is 20.9 Å². The molecule has 0 unspecified atom stereocenters. The number of allylic oxidation sites excluding steroid dienone is 4. The highest BCUT2D eigenvalue weighted by molar-refractivity contribution is 6.06. The summed E-state index contributed by atoms with van der Waals surface area (Å²) in [6, 6.07) is 11.9. The summed E-state index contributed by atoms with van der Waals surface area (Å²) < 4.78 is 30.6. The van der Waals surface area contributed by atoms with Gasteiger partial charge in [-0.2, -0.15) is 0 Å². The Morgan fingerprint density at radius 3 is 2.15 bits per heavy atom. The van der Waals surface area contributed by atoms with E-state index in [9.17, 15) is 14.0 Å². The van der Waals surface area contributed by atoms with Gasteiger partial charge in [-0.25, -0.2) is 4.39 Å². The molecule has 2 aromatic carbocycles. The number of hydrogen-bond acceptors (Lipinski definition) is 6. The SMILES string of the molecule is CCOc1cc(C2C3=C(CCCC3=O)N(CCCOC)C3=C2C(=O)CCC3)ccc1OCc1ccc(F)cc1. The van der Waals surface area contributed by atoms with Gasteiger partial charge in [0.25, 0.3) is 0 Å². The van der Waals surface area contributed by atoms with E-state index in [1.54, 1.807) is 19.2 Å². The van der Waals surface area contributed by atoms with Crippen LogP contribution in [0.1, 0.15) is 68.9 Å². The minimum Gasteiger partial charge on any atom is -0.490 e. The van der Waals surface area contributed by atoms with Crippen molar-refractivity contribution in [3.05, 3.63) is 81.9 Å². The maximum atomic E-state index is 13.5. The molecule has 0 spiro atoms. The highest BCUT2D eigenvalue weighted by atomic mass is 19.1. The van der Waals surface area contributed by atoms with Crippen molar-refractivity contribution in [2.75, 3.05) is 26.9 Å². The van der Waals surface area contributed by atoms with Crippen LogP contribution in [0.3, 0.4) is 0 Å². The summed E-state index contributed by atoms with van der Waals surface area (Å²) in [7, 11) is 1.69. The fourth-order valence-corrected chi connectivity index (χ4v) is 6.02. The number of carbonyl (C=O) groups excluding carboxylic acids is 2. The van der Waals surface area contributed by atoms with Gasteiger partial charge in [-0.15, -0.1) is 0 Å². The normalized spacial score (nSPS) is 17.9. The van der Waals surface area contributed by atoms with Crippen LogP contribution in [0.15, 0.2) is 65.0 Å². The number of benzene rings is 2. The number of carbonyl (C=O) groups is 2. The van der Waals surface area contributed by atoms with Gasteiger partial charge >= 0.3 is 0 Å². The second-order valence-corrected chi connectivity index (χ2v) is 10.3. The van der Waals surface area contributed by atoms with Crippen molar-refractivity contribution in [2.24, 2.45) is 0 Å². The van der Waals surface area contributed by atoms with Crippen molar-refractivity contribution >= 4 is 11.6 Å². The first-order chi connectivity index (χ1) is 19.0. The van der Waals surface area contributed by atoms with Gasteiger partial charge < -0.3 is 19.1 Å². The van der Waals surface area contributed by atoms with Crippen molar-refractivity contribution in [2.45, 2.75) is 64.4 Å². The van der Waals surface area contributed by atoms with Crippen LogP contribution in [0.5, 0.6) is 11.5 Å². The molecule has 0 N–H and O–H groups in total. The van der Waals surface area contributed by atoms with Crippen LogP contribution in [0, 0.1) is 5.82 Å². The maximum absolute atomic E-state index is 13.5. The largest absolute Gasteiger partial charge is 0.490 e. The molecule has 2 aliphatic carbocycles. The minimum absolute atomic E-state index is 0.123. The zero-order valence-corrected chi connectivity index (χ0v) is 22.8. The average molecular weight is 534 g/mol. The number of ether oxygens (including phenoxy) is 3. The van der Waals surface area contributed by atoms with Crippen LogP contribution in [-0.4, -0.2) is 43.3 Å². The summed E-state index contributed by atoms with van der Waals surface area (Å²) >= 11 is 0. The molecule has 0 amide bonds. The second kappa shape index (κ2) is 12.2. The lowest BCUT2D eigenvalue weighted by atomic mass is 9.71. The molecule has 0 bridgehead atoms. The Bertz CT molecular complexity index is 1250. The molecular weight excluding hydrogens is 497 g/mol. The first-order valence-electron chi connectivity index (χ1n) is 13.9. The molecule has 6 nitrogen and oxygen atoms in total. The Balaban J connectivity index is 1.54. The number of rotatable bonds is 10. The molecule has 0 saturated carbocycles. The van der Waals surface area contributed by atoms with Crippen molar-refractivity contribution in [3.63, 3.8) is 0 Å². The smallest absolute Gasteiger partial charge is 0.161 e. The number of nitrogens with zero attached hydrogens (tertiary/aromatic N) is 1. The van der Waals surface area contributed by atoms with Crippen LogP contribution in [0.2, 0.25) is 0 Å². The molecule has 3 aliphatic rings. The van der Waals surface area contributed by atoms with Gasteiger partial charge in [0.15, 0.2) is 23.1 Å². The topological polar surface area (TPSA) is 65.1 Å². The third kappa shape index (κ3) is 5.64. The fraction of sp³-hybridized carbons (Fsp3) is 0.438. The van der Waals surface area contributed by atoms with E-state index in [4.69, 9.17) is 14.2 Å². The van der Waals surface area contributed by atoms with Gasteiger partial charge in [-0.05, 0) is 74.4 Å². The number of Topliss-reactive ketones (excluding diaryl/α,β-unsaturated/α-hetero) is 2. The van der Waals surface area contributed by atoms with Crippen molar-refractivity contribution < 1.29 is 28.2 Å². The molecule has 7 heteroatoms. The number of hydrogen-bond donors (Lipinski definition) is 0. The summed E-state index contributed by atoms with van der Waals surface area (Å²) in [5, 5.41) is 0. The molecular formula is C32H36FNO5. The molecule has 39 heavy (non-hydrogen) atoms. The Hall–Kier alpha value is -3.45. The molecule has 0 fully saturated rings. The first kappa shape index (κ1) is 27.1. The van der Waals surface area contributed by atoms with Crippen LogP contribution < -0.4 is 9.47 Å². The molecule has 0 saturated heterocycles. The van der Waals surface area contributed by atoms with Crippen LogP contribution in [0.4, 0.5) is 4.39 Å². The van der Waals surface area contributed by atoms with Crippen LogP contribution >= 0.6 is 0 Å². The van der Waals surface area contributed by atoms with E-state index in [1.165, 1.54) is 12.1 Å². The molecule has 0 aromatic heterocycles. The third-order valence-electron chi connectivity index (χ3n) is 7.73. The lowest BCUT2D eigenvalue weighted by Crippen LogP contribution is -2.39. The number of methoxy groups -OCH3 is 1. The molecule has 206 valence electrons. The Labute approximate surface area is 229 Å². The van der Waals surface area contributed by atoms with E-state index in [0.29, 0.717) is 37.6 Å². The molecule has 1 aliphatic heterocycles. The Kier molecular flexibility index (Phi) is 8.46. The molecule has 0 atom stereocenters. The summed E-state index contributed by atoms with van der Waals surface area (Å²) in [6.07, 6.45) is 5.11. The molecule has 1 heterocycles. The summed E-state index contributed by atoms with van der Waals surface area (Å²) in [4.78, 5) is 29.3. The van der Waals surface area contributed by atoms with Crippen molar-refractivity contribution in [3.8, 4) is 11.5 Å². The first-order valence-corrected chi connectivity index (χ1v) is 13.9. The minimum atomic E-state index is -0.403. The van der Waals surface area contributed by atoms with Gasteiger partial charge in [0, 0.05) is 61.6 Å². The predicted octanol–water partition coefficient (Wildman–Crippen LogP) is 6.25. The van der Waals surface area contributed by atoms with E-state index in [1.807, 2.05) is 25.1 Å². The third-order valence-corrected chi connectivity index (χ3v) is 7.73. The summed E-state index contributed by atoms with van der Waals surface area (Å²) in [5.74, 6) is 0.681. The lowest BCUT2D eigenvalue weighted by Gasteiger charge is -2.44. The number of ketones is 2. The maximum Gasteiger partial charge on any atom is 0.161 e. The van der Waals surface area contributed by atoms with Gasteiger partial charge in [0.05, 0.1) is 6.61 Å². The quantitative estimate of drug-likeness (QED) is 0.336. The second-order valence-electron chi connectivity index (χ2n) is 10.3. The monoisotopic (exact) mass is 533 g/mol. The molecule has 5 rings (SSSR count). The Morgan fingerprint density at radius 2 is 1.54 bits per heavy atom. The zero-order valence-electron chi connectivity index (χ0n) is 22.8. The summed E-state index contributed by atoms with van der Waals surface area (Å²) in [6.45, 7) is 3.98. The van der Waals surface area contributed by atoms with Crippen LogP contribution in [0.25, 0.3) is 0 Å². The summed E-state index contributed by atoms with van der Waals surface area (Å²) in [5.41, 5.74) is 5.36. The van der Waals surface area contributed by atoms with Gasteiger partial charge in [-0.1, -0.05) is 18.2 Å². The van der Waals surface area contributed by atoms with E-state index in [2.05, 4.69) is 4.90 Å². The van der Waals surface area contributed by atoms with Crippen molar-refractivity contribution in [1.29, 1.82) is 0 Å². The van der Waals surface area contributed by atoms with E-state index in [-0.39, 0.29) is 24.0 Å². The molecule has 0 radical (unpaired) electrons. The zero-order chi connectivity index (χ0) is 27.4. The highest BCUT2D eigenvalue weighted by Crippen LogP contribution is 2.50. The average Bonchev–Trinajstić information content (AvgIpc) is 2.94. The molecule has 2 aromatic rings. The highest BCUT2D eigenvalue weighted by Gasteiger charge is 2.43. The van der Waals surface area contributed by atoms with E-state index >= 15 is 0 Å². The predicted molar refractivity (Wildman–Crippen MR) is 146 cm³/mol. The lowest BCUT2D eigenvalue weighted by molar-refractivity contribution is -0.117. The van der Waals surface area contributed by atoms with Crippen molar-refractivity contribution in [1.82, 2.24) is 4.90 Å². The van der Waals surface area contributed by atoms with E-state index < -0.39 is 5.92 Å². The van der Waals surface area contributed by atoms with Gasteiger partial charge in [-0.3, -0.25) is 9.59 Å². The Morgan fingerprint density at radius 1 is 0.872 bits per heavy atom. The fourth-order valence-electron chi connectivity index (χ4n) is 6.02. The standard InChI is InChI=1S/C32H36FNO5/c1-3-38-29-19-22(13-16-28(29)39-20-21-11-14-23(33)15-12-21)30-31-24(7-4-9-26(31)35)34(17-6-18-37-2)25-8-5-10-27(36)32(25)30/h11-16,19,30H,3-10,17-18,20H2,1-2H3. The number of halogens is 1. The van der Waals surface area contributed by atoms with Gasteiger partial charge in [0.1, 0.15) is 12.4 Å². The van der Waals surface area contributed by atoms with E-state index in [0.717, 1.165) is 72.3 Å². The van der Waals surface area contributed by atoms with Gasteiger partial charge in [0.2, 0.25) is 0 Å².